The van der Waals surface area contributed by atoms with Crippen molar-refractivity contribution in [3.8, 4) is 0 Å². The van der Waals surface area contributed by atoms with Gasteiger partial charge in [-0.2, -0.15) is 0 Å². The lowest BCUT2D eigenvalue weighted by Gasteiger charge is -2.27. The van der Waals surface area contributed by atoms with E-state index in [1.807, 2.05) is 17.3 Å². The molecule has 116 valence electrons. The molecule has 1 saturated heterocycles. The van der Waals surface area contributed by atoms with Gasteiger partial charge in [-0.3, -0.25) is 4.79 Å². The first-order chi connectivity index (χ1) is 10.3. The average molecular weight is 292 g/mol. The van der Waals surface area contributed by atoms with Crippen molar-refractivity contribution in [1.82, 2.24) is 19.4 Å². The number of aromatic nitrogens is 2. The molecule has 0 unspecified atom stereocenters. The normalized spacial score (nSPS) is 23.1. The topological polar surface area (TPSA) is 50.6 Å². The van der Waals surface area contributed by atoms with Crippen molar-refractivity contribution >= 4 is 5.91 Å². The van der Waals surface area contributed by atoms with Gasteiger partial charge in [0.1, 0.15) is 12.4 Å². The van der Waals surface area contributed by atoms with Gasteiger partial charge in [-0.1, -0.05) is 0 Å². The number of amides is 1. The zero-order valence-corrected chi connectivity index (χ0v) is 12.7. The Morgan fingerprint density at radius 3 is 2.95 bits per heavy atom. The van der Waals surface area contributed by atoms with E-state index in [1.165, 1.54) is 25.9 Å². The summed E-state index contributed by atoms with van der Waals surface area (Å²) in [7, 11) is 1.57. The predicted molar refractivity (Wildman–Crippen MR) is 78.7 cm³/mol. The van der Waals surface area contributed by atoms with Crippen molar-refractivity contribution in [3.63, 3.8) is 0 Å². The third-order valence-corrected chi connectivity index (χ3v) is 4.40. The van der Waals surface area contributed by atoms with Crippen molar-refractivity contribution in [2.24, 2.45) is 5.92 Å². The van der Waals surface area contributed by atoms with Crippen molar-refractivity contribution < 1.29 is 9.53 Å². The Hall–Kier alpha value is -1.40. The summed E-state index contributed by atoms with van der Waals surface area (Å²) in [6.07, 6.45) is 6.45. The molecule has 0 radical (unpaired) electrons. The number of imidazole rings is 1. The molecule has 1 fully saturated rings. The molecule has 1 amide bonds. The standard InChI is InChI=1S/C15H24N4O2/c1-21-12-15(20)19-10-13(8-17-5-2-3-6-17)9-18-7-4-16-14(18)11-19/h4,7,13H,2-3,5-6,8-12H2,1H3/t13-/m0/s1. The van der Waals surface area contributed by atoms with E-state index in [4.69, 9.17) is 4.74 Å². The van der Waals surface area contributed by atoms with Crippen LogP contribution in [0.25, 0.3) is 0 Å². The van der Waals surface area contributed by atoms with Crippen LogP contribution in [0.2, 0.25) is 0 Å². The highest BCUT2D eigenvalue weighted by molar-refractivity contribution is 5.77. The second-order valence-electron chi connectivity index (χ2n) is 6.08. The molecule has 21 heavy (non-hydrogen) atoms. The molecule has 0 bridgehead atoms. The van der Waals surface area contributed by atoms with E-state index in [1.54, 1.807) is 7.11 Å². The first kappa shape index (κ1) is 14.5. The molecule has 0 spiro atoms. The second-order valence-corrected chi connectivity index (χ2v) is 6.08. The molecule has 0 aromatic carbocycles. The van der Waals surface area contributed by atoms with E-state index in [-0.39, 0.29) is 12.5 Å². The SMILES string of the molecule is COCC(=O)N1Cc2nccn2C[C@H](CN2CCCC2)C1. The molecule has 3 rings (SSSR count). The maximum Gasteiger partial charge on any atom is 0.248 e. The number of hydrogen-bond donors (Lipinski definition) is 0. The number of rotatable bonds is 4. The van der Waals surface area contributed by atoms with Gasteiger partial charge in [0.25, 0.3) is 0 Å². The van der Waals surface area contributed by atoms with Crippen LogP contribution < -0.4 is 0 Å². The number of carbonyl (C=O) groups excluding carboxylic acids is 1. The highest BCUT2D eigenvalue weighted by Crippen LogP contribution is 2.18. The molecule has 0 aliphatic carbocycles. The Kier molecular flexibility index (Phi) is 4.55. The lowest BCUT2D eigenvalue weighted by molar-refractivity contribution is -0.136. The highest BCUT2D eigenvalue weighted by atomic mass is 16.5. The lowest BCUT2D eigenvalue weighted by Crippen LogP contribution is -2.39. The van der Waals surface area contributed by atoms with Gasteiger partial charge in [0, 0.05) is 45.1 Å². The maximum absolute atomic E-state index is 12.2. The summed E-state index contributed by atoms with van der Waals surface area (Å²) >= 11 is 0. The number of hydrogen-bond acceptors (Lipinski definition) is 4. The minimum absolute atomic E-state index is 0.0559. The van der Waals surface area contributed by atoms with Crippen LogP contribution in [0.5, 0.6) is 0 Å². The molecular formula is C15H24N4O2. The summed E-state index contributed by atoms with van der Waals surface area (Å²) in [5, 5.41) is 0. The first-order valence-corrected chi connectivity index (χ1v) is 7.75. The van der Waals surface area contributed by atoms with Gasteiger partial charge in [-0.05, 0) is 25.9 Å². The third-order valence-electron chi connectivity index (χ3n) is 4.40. The molecule has 3 heterocycles. The van der Waals surface area contributed by atoms with Crippen molar-refractivity contribution in [2.75, 3.05) is 39.9 Å². The molecule has 2 aliphatic rings. The summed E-state index contributed by atoms with van der Waals surface area (Å²) in [4.78, 5) is 21.0. The summed E-state index contributed by atoms with van der Waals surface area (Å²) in [5.74, 6) is 1.49. The molecule has 6 nitrogen and oxygen atoms in total. The minimum atomic E-state index is 0.0559. The van der Waals surface area contributed by atoms with E-state index in [0.29, 0.717) is 12.5 Å². The van der Waals surface area contributed by atoms with Crippen molar-refractivity contribution in [3.05, 3.63) is 18.2 Å². The van der Waals surface area contributed by atoms with Crippen LogP contribution in [0.3, 0.4) is 0 Å². The van der Waals surface area contributed by atoms with Crippen LogP contribution in [0.4, 0.5) is 0 Å². The van der Waals surface area contributed by atoms with Gasteiger partial charge < -0.3 is 19.1 Å². The maximum atomic E-state index is 12.2. The number of likely N-dealkylation sites (tertiary alicyclic amines) is 1. The van der Waals surface area contributed by atoms with E-state index in [9.17, 15) is 4.79 Å². The van der Waals surface area contributed by atoms with Gasteiger partial charge in [0.2, 0.25) is 5.91 Å². The fourth-order valence-electron chi connectivity index (χ4n) is 3.39. The summed E-state index contributed by atoms with van der Waals surface area (Å²) in [6, 6.07) is 0. The van der Waals surface area contributed by atoms with Crippen LogP contribution in [-0.4, -0.2) is 65.2 Å². The second kappa shape index (κ2) is 6.58. The predicted octanol–water partition coefficient (Wildman–Crippen LogP) is 0.584. The van der Waals surface area contributed by atoms with E-state index in [0.717, 1.165) is 25.5 Å². The molecule has 0 N–H and O–H groups in total. The number of carbonyl (C=O) groups is 1. The first-order valence-electron chi connectivity index (χ1n) is 7.75. The fourth-order valence-corrected chi connectivity index (χ4v) is 3.39. The summed E-state index contributed by atoms with van der Waals surface area (Å²) in [5.41, 5.74) is 0. The zero-order valence-electron chi connectivity index (χ0n) is 12.7. The Balaban J connectivity index is 1.72. The molecule has 1 aromatic heterocycles. The Labute approximate surface area is 125 Å². The molecule has 1 atom stereocenters. The Bertz CT molecular complexity index is 482. The van der Waals surface area contributed by atoms with Crippen LogP contribution >= 0.6 is 0 Å². The monoisotopic (exact) mass is 292 g/mol. The van der Waals surface area contributed by atoms with E-state index in [2.05, 4.69) is 14.5 Å². The smallest absolute Gasteiger partial charge is 0.248 e. The minimum Gasteiger partial charge on any atom is -0.375 e. The van der Waals surface area contributed by atoms with Gasteiger partial charge in [-0.25, -0.2) is 4.98 Å². The lowest BCUT2D eigenvalue weighted by atomic mass is 10.1. The van der Waals surface area contributed by atoms with E-state index < -0.39 is 0 Å². The number of ether oxygens (including phenoxy) is 1. The molecule has 0 saturated carbocycles. The largest absolute Gasteiger partial charge is 0.375 e. The quantitative estimate of drug-likeness (QED) is 0.815. The fraction of sp³-hybridized carbons (Fsp3) is 0.733. The molecule has 2 aliphatic heterocycles. The highest BCUT2D eigenvalue weighted by Gasteiger charge is 2.27. The summed E-state index contributed by atoms with van der Waals surface area (Å²) < 4.78 is 7.20. The van der Waals surface area contributed by atoms with Crippen LogP contribution in [0, 0.1) is 5.92 Å². The van der Waals surface area contributed by atoms with Crippen LogP contribution in [-0.2, 0) is 22.6 Å². The number of nitrogens with zero attached hydrogens (tertiary/aromatic N) is 4. The molecule has 6 heteroatoms. The average Bonchev–Trinajstić information content (AvgIpc) is 3.08. The zero-order chi connectivity index (χ0) is 14.7. The van der Waals surface area contributed by atoms with Gasteiger partial charge in [0.05, 0.1) is 6.54 Å². The van der Waals surface area contributed by atoms with Gasteiger partial charge in [0.15, 0.2) is 0 Å². The van der Waals surface area contributed by atoms with Crippen molar-refractivity contribution in [2.45, 2.75) is 25.9 Å². The van der Waals surface area contributed by atoms with Crippen LogP contribution in [0.1, 0.15) is 18.7 Å². The van der Waals surface area contributed by atoms with Gasteiger partial charge >= 0.3 is 0 Å². The molecular weight excluding hydrogens is 268 g/mol. The van der Waals surface area contributed by atoms with Crippen LogP contribution in [0.15, 0.2) is 12.4 Å². The molecule has 1 aromatic rings. The third kappa shape index (κ3) is 3.44. The van der Waals surface area contributed by atoms with Gasteiger partial charge in [-0.15, -0.1) is 0 Å². The van der Waals surface area contributed by atoms with E-state index >= 15 is 0 Å². The Morgan fingerprint density at radius 1 is 1.38 bits per heavy atom. The number of fused-ring (bicyclic) bond motifs is 1. The summed E-state index contributed by atoms with van der Waals surface area (Å²) in [6.45, 7) is 5.93. The van der Waals surface area contributed by atoms with Crippen molar-refractivity contribution in [1.29, 1.82) is 0 Å². The number of methoxy groups -OCH3 is 1. The Morgan fingerprint density at radius 2 is 2.19 bits per heavy atom.